The summed E-state index contributed by atoms with van der Waals surface area (Å²) in [4.78, 5) is 29.9. The van der Waals surface area contributed by atoms with Crippen LogP contribution in [0, 0.1) is 6.92 Å². The number of carbonyl (C=O) groups excluding carboxylic acids is 2. The molecule has 1 saturated heterocycles. The van der Waals surface area contributed by atoms with Crippen LogP contribution in [0.15, 0.2) is 53.1 Å². The van der Waals surface area contributed by atoms with Gasteiger partial charge in [0.2, 0.25) is 0 Å². The summed E-state index contributed by atoms with van der Waals surface area (Å²) in [6, 6.07) is 12.8. The number of nitrogens with one attached hydrogen (secondary N) is 2. The lowest BCUT2D eigenvalue weighted by atomic mass is 10.1. The van der Waals surface area contributed by atoms with Crippen LogP contribution in [-0.2, 0) is 0 Å². The van der Waals surface area contributed by atoms with Crippen molar-refractivity contribution in [1.82, 2.24) is 4.90 Å². The van der Waals surface area contributed by atoms with Crippen LogP contribution >= 0.6 is 11.3 Å². The van der Waals surface area contributed by atoms with Gasteiger partial charge >= 0.3 is 0 Å². The van der Waals surface area contributed by atoms with E-state index in [1.54, 1.807) is 24.3 Å². The van der Waals surface area contributed by atoms with E-state index in [1.807, 2.05) is 13.0 Å². The molecule has 3 aromatic rings. The van der Waals surface area contributed by atoms with Gasteiger partial charge < -0.3 is 24.9 Å². The van der Waals surface area contributed by atoms with Crippen LogP contribution in [0.4, 0.5) is 16.4 Å². The molecule has 30 heavy (non-hydrogen) atoms. The Morgan fingerprint density at radius 2 is 1.80 bits per heavy atom. The third-order valence-electron chi connectivity index (χ3n) is 5.14. The van der Waals surface area contributed by atoms with Gasteiger partial charge in [-0.1, -0.05) is 0 Å². The highest BCUT2D eigenvalue weighted by atomic mass is 32.1. The molecule has 7 nitrogen and oxygen atoms in total. The molecular formula is C22H24N4O3S. The Morgan fingerprint density at radius 1 is 1.00 bits per heavy atom. The number of carbonyl (C=O) groups is 2. The van der Waals surface area contributed by atoms with E-state index >= 15 is 0 Å². The molecule has 0 aliphatic carbocycles. The number of anilines is 3. The van der Waals surface area contributed by atoms with Gasteiger partial charge in [0, 0.05) is 37.6 Å². The lowest BCUT2D eigenvalue weighted by Crippen LogP contribution is -2.44. The molecule has 1 aromatic carbocycles. The van der Waals surface area contributed by atoms with Crippen molar-refractivity contribution < 1.29 is 14.0 Å². The van der Waals surface area contributed by atoms with Gasteiger partial charge in [0.05, 0.1) is 16.1 Å². The van der Waals surface area contributed by atoms with Crippen LogP contribution < -0.4 is 15.5 Å². The molecule has 4 rings (SSSR count). The Bertz CT molecular complexity index is 1040. The molecule has 1 aliphatic heterocycles. The van der Waals surface area contributed by atoms with E-state index in [1.165, 1.54) is 23.3 Å². The average Bonchev–Trinajstić information content (AvgIpc) is 3.42. The SMILES string of the molecule is Cc1cc(N2CCN(C)CC2)ccc1NC(=O)c1ccc(NC(=O)c2ccco2)s1. The molecule has 1 aliphatic rings. The first-order chi connectivity index (χ1) is 14.5. The van der Waals surface area contributed by atoms with E-state index < -0.39 is 0 Å². The van der Waals surface area contributed by atoms with Gasteiger partial charge in [0.1, 0.15) is 0 Å². The fourth-order valence-electron chi connectivity index (χ4n) is 3.34. The van der Waals surface area contributed by atoms with E-state index in [2.05, 4.69) is 39.6 Å². The molecule has 0 atom stereocenters. The monoisotopic (exact) mass is 424 g/mol. The normalized spacial score (nSPS) is 14.5. The Morgan fingerprint density at radius 3 is 2.50 bits per heavy atom. The number of furan rings is 1. The van der Waals surface area contributed by atoms with E-state index in [4.69, 9.17) is 4.42 Å². The minimum absolute atomic E-state index is 0.200. The van der Waals surface area contributed by atoms with Crippen LogP contribution in [0.25, 0.3) is 0 Å². The number of hydrogen-bond acceptors (Lipinski definition) is 6. The molecule has 0 spiro atoms. The van der Waals surface area contributed by atoms with Crippen LogP contribution in [0.5, 0.6) is 0 Å². The third-order valence-corrected chi connectivity index (χ3v) is 6.14. The lowest BCUT2D eigenvalue weighted by molar-refractivity contribution is 0.0995. The summed E-state index contributed by atoms with van der Waals surface area (Å²) in [5, 5.41) is 6.30. The van der Waals surface area contributed by atoms with Crippen molar-refractivity contribution in [3.63, 3.8) is 0 Å². The number of likely N-dealkylation sites (N-methyl/N-ethyl adjacent to an activating group) is 1. The summed E-state index contributed by atoms with van der Waals surface area (Å²) in [6.07, 6.45) is 1.44. The van der Waals surface area contributed by atoms with Crippen LogP contribution in [-0.4, -0.2) is 49.9 Å². The maximum atomic E-state index is 12.7. The van der Waals surface area contributed by atoms with Crippen molar-refractivity contribution >= 4 is 39.5 Å². The molecule has 2 amide bonds. The van der Waals surface area contributed by atoms with Crippen molar-refractivity contribution in [2.45, 2.75) is 6.92 Å². The first-order valence-electron chi connectivity index (χ1n) is 9.80. The Balaban J connectivity index is 1.39. The molecule has 1 fully saturated rings. The maximum Gasteiger partial charge on any atom is 0.291 e. The average molecular weight is 425 g/mol. The molecule has 3 heterocycles. The Kier molecular flexibility index (Phi) is 5.87. The fourth-order valence-corrected chi connectivity index (χ4v) is 4.14. The van der Waals surface area contributed by atoms with Crippen molar-refractivity contribution in [2.75, 3.05) is 48.8 Å². The maximum absolute atomic E-state index is 12.7. The fraction of sp³-hybridized carbons (Fsp3) is 0.273. The van der Waals surface area contributed by atoms with Gasteiger partial charge in [-0.25, -0.2) is 0 Å². The molecule has 0 radical (unpaired) electrons. The predicted octanol–water partition coefficient (Wildman–Crippen LogP) is 3.91. The zero-order chi connectivity index (χ0) is 21.1. The van der Waals surface area contributed by atoms with Gasteiger partial charge in [0.15, 0.2) is 5.76 Å². The number of hydrogen-bond donors (Lipinski definition) is 2. The smallest absolute Gasteiger partial charge is 0.291 e. The molecule has 0 saturated carbocycles. The molecule has 0 unspecified atom stereocenters. The van der Waals surface area contributed by atoms with Crippen LogP contribution in [0.3, 0.4) is 0 Å². The topological polar surface area (TPSA) is 77.8 Å². The van der Waals surface area contributed by atoms with Gasteiger partial charge in [0.25, 0.3) is 11.8 Å². The molecule has 156 valence electrons. The molecule has 0 bridgehead atoms. The molecule has 8 heteroatoms. The van der Waals surface area contributed by atoms with Gasteiger partial charge in [-0.2, -0.15) is 0 Å². The van der Waals surface area contributed by atoms with Crippen molar-refractivity contribution in [1.29, 1.82) is 0 Å². The minimum Gasteiger partial charge on any atom is -0.459 e. The number of rotatable bonds is 5. The van der Waals surface area contributed by atoms with E-state index in [0.717, 1.165) is 37.4 Å². The summed E-state index contributed by atoms with van der Waals surface area (Å²) in [5.74, 6) is -0.316. The first kappa shape index (κ1) is 20.2. The minimum atomic E-state index is -0.343. The summed E-state index contributed by atoms with van der Waals surface area (Å²) in [5.41, 5.74) is 2.98. The second kappa shape index (κ2) is 8.73. The standard InChI is InChI=1S/C22H24N4O3S/c1-15-14-16(26-11-9-25(2)10-12-26)5-6-17(15)23-22(28)19-7-8-20(30-19)24-21(27)18-4-3-13-29-18/h3-8,13-14H,9-12H2,1-2H3,(H,23,28)(H,24,27). The summed E-state index contributed by atoms with van der Waals surface area (Å²) in [7, 11) is 2.14. The zero-order valence-corrected chi connectivity index (χ0v) is 17.8. The number of aryl methyl sites for hydroxylation is 1. The van der Waals surface area contributed by atoms with Crippen molar-refractivity contribution in [3.8, 4) is 0 Å². The van der Waals surface area contributed by atoms with E-state index in [0.29, 0.717) is 9.88 Å². The van der Waals surface area contributed by atoms with E-state index in [9.17, 15) is 9.59 Å². The third kappa shape index (κ3) is 4.55. The number of thiophene rings is 1. The van der Waals surface area contributed by atoms with E-state index in [-0.39, 0.29) is 17.6 Å². The summed E-state index contributed by atoms with van der Waals surface area (Å²) < 4.78 is 5.08. The van der Waals surface area contributed by atoms with Gasteiger partial charge in [-0.3, -0.25) is 9.59 Å². The quantitative estimate of drug-likeness (QED) is 0.649. The zero-order valence-electron chi connectivity index (χ0n) is 17.0. The molecular weight excluding hydrogens is 400 g/mol. The highest BCUT2D eigenvalue weighted by Gasteiger charge is 2.17. The number of amides is 2. The molecule has 2 N–H and O–H groups in total. The summed E-state index contributed by atoms with van der Waals surface area (Å²) in [6.45, 7) is 6.11. The number of benzene rings is 1. The second-order valence-corrected chi connectivity index (χ2v) is 8.42. The highest BCUT2D eigenvalue weighted by molar-refractivity contribution is 7.18. The van der Waals surface area contributed by atoms with Gasteiger partial charge in [-0.15, -0.1) is 11.3 Å². The van der Waals surface area contributed by atoms with Crippen LogP contribution in [0.1, 0.15) is 25.8 Å². The Labute approximate surface area is 179 Å². The Hall–Kier alpha value is -3.10. The number of piperazine rings is 1. The van der Waals surface area contributed by atoms with Crippen molar-refractivity contribution in [2.24, 2.45) is 0 Å². The number of nitrogens with zero attached hydrogens (tertiary/aromatic N) is 2. The largest absolute Gasteiger partial charge is 0.459 e. The summed E-state index contributed by atoms with van der Waals surface area (Å²) >= 11 is 1.22. The van der Waals surface area contributed by atoms with Crippen LogP contribution in [0.2, 0.25) is 0 Å². The van der Waals surface area contributed by atoms with Crippen molar-refractivity contribution in [3.05, 3.63) is 64.9 Å². The van der Waals surface area contributed by atoms with Gasteiger partial charge in [-0.05, 0) is 62.0 Å². The highest BCUT2D eigenvalue weighted by Crippen LogP contribution is 2.27. The lowest BCUT2D eigenvalue weighted by Gasteiger charge is -2.34. The predicted molar refractivity (Wildman–Crippen MR) is 120 cm³/mol. The first-order valence-corrected chi connectivity index (χ1v) is 10.6. The second-order valence-electron chi connectivity index (χ2n) is 7.34. The molecule has 2 aromatic heterocycles.